The molecule has 0 spiro atoms. The van der Waals surface area contributed by atoms with E-state index >= 15 is 0 Å². The molecule has 17 heteroatoms. The predicted molar refractivity (Wildman–Crippen MR) is 164 cm³/mol. The number of nitrogens with zero attached hydrogens (tertiary/aromatic N) is 5. The van der Waals surface area contributed by atoms with Gasteiger partial charge in [0, 0.05) is 30.5 Å². The second kappa shape index (κ2) is 14.6. The molecule has 1 N–H and O–H groups in total. The smallest absolute Gasteiger partial charge is 0.479 e. The van der Waals surface area contributed by atoms with Gasteiger partial charge in [-0.3, -0.25) is 9.69 Å². The summed E-state index contributed by atoms with van der Waals surface area (Å²) in [4.78, 5) is 34.7. The van der Waals surface area contributed by atoms with Crippen LogP contribution in [0.3, 0.4) is 0 Å². The number of anilines is 2. The van der Waals surface area contributed by atoms with Crippen molar-refractivity contribution in [1.82, 2.24) is 14.8 Å². The number of hydrogen-bond acceptors (Lipinski definition) is 8. The van der Waals surface area contributed by atoms with Crippen LogP contribution < -0.4 is 19.7 Å². The van der Waals surface area contributed by atoms with Gasteiger partial charge in [-0.2, -0.15) is 4.99 Å². The van der Waals surface area contributed by atoms with Crippen LogP contribution in [0.5, 0.6) is 11.5 Å². The Bertz CT molecular complexity index is 1780. The number of hydrogen-bond donors (Lipinski definition) is 1. The summed E-state index contributed by atoms with van der Waals surface area (Å²) in [6, 6.07) is 10.9. The van der Waals surface area contributed by atoms with E-state index in [2.05, 4.69) is 25.1 Å². The highest BCUT2D eigenvalue weighted by atomic mass is 32.2. The minimum atomic E-state index is -4.84. The third-order valence-electron chi connectivity index (χ3n) is 6.21. The maximum atomic E-state index is 14.8. The first-order chi connectivity index (χ1) is 21.9. The summed E-state index contributed by atoms with van der Waals surface area (Å²) < 4.78 is 82.2. The van der Waals surface area contributed by atoms with Crippen LogP contribution >= 0.6 is 11.8 Å². The zero-order valence-electron chi connectivity index (χ0n) is 24.0. The summed E-state index contributed by atoms with van der Waals surface area (Å²) >= 11 is 1.04. The highest BCUT2D eigenvalue weighted by Gasteiger charge is 2.32. The van der Waals surface area contributed by atoms with Gasteiger partial charge in [0.1, 0.15) is 18.7 Å². The topological polar surface area (TPSA) is 120 Å². The lowest BCUT2D eigenvalue weighted by Gasteiger charge is -2.20. The van der Waals surface area contributed by atoms with Crippen LogP contribution in [-0.2, 0) is 22.7 Å². The number of rotatable bonds is 9. The highest BCUT2D eigenvalue weighted by Crippen LogP contribution is 2.32. The second-order valence-electron chi connectivity index (χ2n) is 9.61. The molecule has 2 heterocycles. The van der Waals surface area contributed by atoms with Gasteiger partial charge in [0.05, 0.1) is 23.7 Å². The van der Waals surface area contributed by atoms with E-state index in [0.29, 0.717) is 16.9 Å². The Morgan fingerprint density at radius 1 is 1.06 bits per heavy atom. The summed E-state index contributed by atoms with van der Waals surface area (Å²) in [5, 5.41) is 6.46. The quantitative estimate of drug-likeness (QED) is 0.193. The molecule has 11 nitrogen and oxygen atoms in total. The SMILES string of the molecule is C.COCc1ccc(C)cc1N1C(=O)CSC1=NC(=O)Nc1cc(F)c(OCc2ncn(-c3ccc(OC(F)(F)F)cc3)n2)c(F)c1. The summed E-state index contributed by atoms with van der Waals surface area (Å²) in [5.41, 5.74) is 2.16. The van der Waals surface area contributed by atoms with E-state index in [-0.39, 0.29) is 42.4 Å². The Labute approximate surface area is 269 Å². The molecule has 3 amide bonds. The Hall–Kier alpha value is -5.03. The van der Waals surface area contributed by atoms with Crippen LogP contribution in [0.15, 0.2) is 65.9 Å². The molecular weight excluding hydrogens is 651 g/mol. The number of carbonyl (C=O) groups excluding carboxylic acids is 2. The molecule has 0 bridgehead atoms. The van der Waals surface area contributed by atoms with Gasteiger partial charge in [-0.1, -0.05) is 31.3 Å². The molecule has 1 aliphatic heterocycles. The van der Waals surface area contributed by atoms with Crippen molar-refractivity contribution in [2.75, 3.05) is 23.1 Å². The first-order valence-corrected chi connectivity index (χ1v) is 14.2. The first kappa shape index (κ1) is 34.8. The average Bonchev–Trinajstić information content (AvgIpc) is 3.59. The fourth-order valence-electron chi connectivity index (χ4n) is 4.27. The Kier molecular flexibility index (Phi) is 10.8. The second-order valence-corrected chi connectivity index (χ2v) is 10.6. The summed E-state index contributed by atoms with van der Waals surface area (Å²) in [6.45, 7) is 1.60. The van der Waals surface area contributed by atoms with Crippen molar-refractivity contribution in [1.29, 1.82) is 0 Å². The number of carbonyl (C=O) groups is 2. The van der Waals surface area contributed by atoms with Crippen LogP contribution in [0.1, 0.15) is 24.4 Å². The largest absolute Gasteiger partial charge is 0.573 e. The molecule has 0 atom stereocenters. The zero-order valence-corrected chi connectivity index (χ0v) is 24.8. The fourth-order valence-corrected chi connectivity index (χ4v) is 5.13. The molecule has 1 aromatic heterocycles. The van der Waals surface area contributed by atoms with Crippen molar-refractivity contribution in [3.63, 3.8) is 0 Å². The van der Waals surface area contributed by atoms with Crippen LogP contribution in [0.2, 0.25) is 0 Å². The lowest BCUT2D eigenvalue weighted by Crippen LogP contribution is -2.31. The number of halogens is 5. The van der Waals surface area contributed by atoms with E-state index < -0.39 is 42.1 Å². The molecule has 1 aliphatic rings. The lowest BCUT2D eigenvalue weighted by atomic mass is 10.1. The zero-order chi connectivity index (χ0) is 33.0. The van der Waals surface area contributed by atoms with E-state index in [1.54, 1.807) is 12.1 Å². The number of amidine groups is 1. The van der Waals surface area contributed by atoms with Gasteiger partial charge in [-0.05, 0) is 42.8 Å². The van der Waals surface area contributed by atoms with E-state index in [1.807, 2.05) is 13.0 Å². The van der Waals surface area contributed by atoms with Gasteiger partial charge in [0.25, 0.3) is 0 Å². The van der Waals surface area contributed by atoms with E-state index in [4.69, 9.17) is 9.47 Å². The number of urea groups is 1. The van der Waals surface area contributed by atoms with Crippen LogP contribution in [0, 0.1) is 18.6 Å². The van der Waals surface area contributed by atoms with Gasteiger partial charge >= 0.3 is 12.4 Å². The minimum absolute atomic E-state index is 0. The van der Waals surface area contributed by atoms with Crippen LogP contribution in [0.25, 0.3) is 5.69 Å². The number of amides is 3. The Morgan fingerprint density at radius 3 is 2.43 bits per heavy atom. The Morgan fingerprint density at radius 2 is 1.77 bits per heavy atom. The first-order valence-electron chi connectivity index (χ1n) is 13.2. The molecule has 3 aromatic carbocycles. The van der Waals surface area contributed by atoms with Crippen molar-refractivity contribution in [3.8, 4) is 17.2 Å². The number of nitrogens with one attached hydrogen (secondary N) is 1. The number of aromatic nitrogens is 3. The standard InChI is InChI=1S/C29H23F5N6O5S.CH4/c1-16-3-4-17(12-43-2)23(9-16)40-25(41)14-46-28(40)37-27(42)36-18-10-21(30)26(22(31)11-18)44-13-24-35-15-39(38-24)19-5-7-20(8-6-19)45-29(32,33)34;/h3-11,15H,12-14H2,1-2H3,(H,36,42);1H4. The number of aliphatic imine (C=N–C) groups is 1. The average molecular weight is 679 g/mol. The number of benzene rings is 3. The van der Waals surface area contributed by atoms with Gasteiger partial charge in [0.2, 0.25) is 5.91 Å². The maximum Gasteiger partial charge on any atom is 0.573 e. The van der Waals surface area contributed by atoms with Crippen LogP contribution in [0.4, 0.5) is 38.1 Å². The molecule has 5 rings (SSSR count). The number of thioether (sulfide) groups is 1. The molecule has 0 saturated carbocycles. The Balaban J connectivity index is 0.00000500. The van der Waals surface area contributed by atoms with E-state index in [1.165, 1.54) is 35.2 Å². The van der Waals surface area contributed by atoms with Crippen molar-refractivity contribution < 1.29 is 45.8 Å². The number of aryl methyl sites for hydroxylation is 1. The summed E-state index contributed by atoms with van der Waals surface area (Å²) in [6.07, 6.45) is -3.60. The minimum Gasteiger partial charge on any atom is -0.479 e. The molecule has 4 aromatic rings. The molecule has 0 aliphatic carbocycles. The number of ether oxygens (including phenoxy) is 3. The monoisotopic (exact) mass is 678 g/mol. The lowest BCUT2D eigenvalue weighted by molar-refractivity contribution is -0.274. The molecule has 0 radical (unpaired) electrons. The third kappa shape index (κ3) is 8.62. The van der Waals surface area contributed by atoms with Crippen LogP contribution in [-0.4, -0.2) is 51.1 Å². The molecule has 0 unspecified atom stereocenters. The van der Waals surface area contributed by atoms with Crippen molar-refractivity contribution in [2.45, 2.75) is 33.9 Å². The third-order valence-corrected chi connectivity index (χ3v) is 7.14. The molecule has 1 fully saturated rings. The van der Waals surface area contributed by atoms with Crippen molar-refractivity contribution >= 4 is 40.2 Å². The van der Waals surface area contributed by atoms with Gasteiger partial charge < -0.3 is 19.5 Å². The predicted octanol–water partition coefficient (Wildman–Crippen LogP) is 6.78. The molecule has 248 valence electrons. The van der Waals surface area contributed by atoms with Crippen molar-refractivity contribution in [3.05, 3.63) is 89.5 Å². The van der Waals surface area contributed by atoms with E-state index in [0.717, 1.165) is 41.6 Å². The highest BCUT2D eigenvalue weighted by molar-refractivity contribution is 8.15. The van der Waals surface area contributed by atoms with Gasteiger partial charge in [-0.25, -0.2) is 23.2 Å². The summed E-state index contributed by atoms with van der Waals surface area (Å²) in [5.74, 6) is -3.71. The maximum absolute atomic E-state index is 14.8. The van der Waals surface area contributed by atoms with Crippen molar-refractivity contribution in [2.24, 2.45) is 4.99 Å². The fraction of sp³-hybridized carbons (Fsp3) is 0.233. The van der Waals surface area contributed by atoms with Gasteiger partial charge in [-0.15, -0.1) is 18.3 Å². The number of alkyl halides is 3. The molecular formula is C30H27F5N6O5S. The number of methoxy groups -OCH3 is 1. The summed E-state index contributed by atoms with van der Waals surface area (Å²) in [7, 11) is 1.51. The normalized spacial score (nSPS) is 13.9. The van der Waals surface area contributed by atoms with E-state index in [9.17, 15) is 31.5 Å². The molecule has 47 heavy (non-hydrogen) atoms. The van der Waals surface area contributed by atoms with Gasteiger partial charge in [0.15, 0.2) is 28.4 Å². The molecule has 1 saturated heterocycles.